The van der Waals surface area contributed by atoms with Gasteiger partial charge in [-0.15, -0.1) is 11.8 Å². The van der Waals surface area contributed by atoms with Crippen LogP contribution in [0, 0.1) is 0 Å². The molecule has 0 heterocycles. The number of halogens is 3. The van der Waals surface area contributed by atoms with Crippen molar-refractivity contribution >= 4 is 22.5 Å². The third kappa shape index (κ3) is 3.17. The number of aliphatic hydroxyl groups is 1. The van der Waals surface area contributed by atoms with Gasteiger partial charge >= 0.3 is 6.18 Å². The summed E-state index contributed by atoms with van der Waals surface area (Å²) in [5.74, 6) is -0.387. The molecule has 0 bridgehead atoms. The monoisotopic (exact) mass is 272 g/mol. The van der Waals surface area contributed by atoms with Crippen LogP contribution in [-0.4, -0.2) is 23.1 Å². The molecular weight excluding hydrogens is 261 g/mol. The van der Waals surface area contributed by atoms with E-state index in [0.717, 1.165) is 27.4 Å². The van der Waals surface area contributed by atoms with Crippen LogP contribution in [0.5, 0.6) is 0 Å². The molecule has 0 aliphatic rings. The van der Waals surface area contributed by atoms with E-state index in [0.29, 0.717) is 0 Å². The molecular formula is C13H11F3OS. The lowest BCUT2D eigenvalue weighted by molar-refractivity contribution is -0.195. The van der Waals surface area contributed by atoms with Crippen LogP contribution in [0.1, 0.15) is 0 Å². The fourth-order valence-corrected chi connectivity index (χ4v) is 2.44. The van der Waals surface area contributed by atoms with Crippen molar-refractivity contribution < 1.29 is 18.3 Å². The van der Waals surface area contributed by atoms with Gasteiger partial charge in [-0.1, -0.05) is 30.3 Å². The summed E-state index contributed by atoms with van der Waals surface area (Å²) in [6, 6.07) is 13.1. The van der Waals surface area contributed by atoms with Gasteiger partial charge in [-0.05, 0) is 22.9 Å². The summed E-state index contributed by atoms with van der Waals surface area (Å²) >= 11 is 1.00. The Kier molecular flexibility index (Phi) is 3.82. The summed E-state index contributed by atoms with van der Waals surface area (Å²) in [4.78, 5) is 0.719. The van der Waals surface area contributed by atoms with Gasteiger partial charge in [0.15, 0.2) is 6.10 Å². The molecule has 1 unspecified atom stereocenters. The normalized spacial score (nSPS) is 13.8. The molecule has 0 saturated heterocycles. The van der Waals surface area contributed by atoms with E-state index in [9.17, 15) is 13.2 Å². The minimum atomic E-state index is -4.55. The highest BCUT2D eigenvalue weighted by Gasteiger charge is 2.37. The molecule has 0 spiro atoms. The van der Waals surface area contributed by atoms with Crippen LogP contribution in [0.15, 0.2) is 47.4 Å². The predicted molar refractivity (Wildman–Crippen MR) is 66.7 cm³/mol. The minimum absolute atomic E-state index is 0.387. The standard InChI is InChI=1S/C13H11F3OS/c14-13(15,16)12(17)8-18-11-6-5-9-3-1-2-4-10(9)7-11/h1-7,12,17H,8H2. The molecule has 0 radical (unpaired) electrons. The number of aliphatic hydroxyl groups excluding tert-OH is 1. The topological polar surface area (TPSA) is 20.2 Å². The molecule has 1 nitrogen and oxygen atoms in total. The molecule has 2 rings (SSSR count). The molecule has 96 valence electrons. The number of benzene rings is 2. The van der Waals surface area contributed by atoms with Gasteiger partial charge in [-0.25, -0.2) is 0 Å². The number of thioether (sulfide) groups is 1. The van der Waals surface area contributed by atoms with Crippen LogP contribution >= 0.6 is 11.8 Å². The summed E-state index contributed by atoms with van der Waals surface area (Å²) in [5.41, 5.74) is 0. The number of alkyl halides is 3. The highest BCUT2D eigenvalue weighted by molar-refractivity contribution is 7.99. The highest BCUT2D eigenvalue weighted by atomic mass is 32.2. The zero-order valence-electron chi connectivity index (χ0n) is 9.32. The first-order chi connectivity index (χ1) is 8.47. The Labute approximate surface area is 107 Å². The van der Waals surface area contributed by atoms with E-state index in [2.05, 4.69) is 0 Å². The van der Waals surface area contributed by atoms with E-state index in [-0.39, 0.29) is 5.75 Å². The number of fused-ring (bicyclic) bond motifs is 1. The van der Waals surface area contributed by atoms with Crippen molar-refractivity contribution in [3.05, 3.63) is 42.5 Å². The Morgan fingerprint density at radius 3 is 2.39 bits per heavy atom. The first kappa shape index (κ1) is 13.2. The maximum absolute atomic E-state index is 12.1. The second kappa shape index (κ2) is 5.20. The zero-order chi connectivity index (χ0) is 13.2. The number of hydrogen-bond donors (Lipinski definition) is 1. The van der Waals surface area contributed by atoms with Crippen molar-refractivity contribution in [3.8, 4) is 0 Å². The van der Waals surface area contributed by atoms with Crippen LogP contribution in [-0.2, 0) is 0 Å². The van der Waals surface area contributed by atoms with E-state index in [1.165, 1.54) is 0 Å². The maximum Gasteiger partial charge on any atom is 0.415 e. The van der Waals surface area contributed by atoms with Crippen LogP contribution in [0.3, 0.4) is 0 Å². The largest absolute Gasteiger partial charge is 0.415 e. The van der Waals surface area contributed by atoms with Crippen LogP contribution in [0.2, 0.25) is 0 Å². The Hall–Kier alpha value is -1.20. The Balaban J connectivity index is 2.08. The van der Waals surface area contributed by atoms with E-state index < -0.39 is 12.3 Å². The second-order valence-electron chi connectivity index (χ2n) is 3.88. The fourth-order valence-electron chi connectivity index (χ4n) is 1.53. The summed E-state index contributed by atoms with van der Waals surface area (Å²) < 4.78 is 36.4. The third-order valence-corrected chi connectivity index (χ3v) is 3.58. The van der Waals surface area contributed by atoms with Gasteiger partial charge in [0.05, 0.1) is 0 Å². The lowest BCUT2D eigenvalue weighted by Gasteiger charge is -2.13. The Morgan fingerprint density at radius 2 is 1.72 bits per heavy atom. The fraction of sp³-hybridized carbons (Fsp3) is 0.231. The van der Waals surface area contributed by atoms with E-state index >= 15 is 0 Å². The summed E-state index contributed by atoms with van der Waals surface area (Å²) in [5, 5.41) is 10.9. The Morgan fingerprint density at radius 1 is 1.06 bits per heavy atom. The molecule has 1 atom stereocenters. The SMILES string of the molecule is OC(CSc1ccc2ccccc2c1)C(F)(F)F. The first-order valence-electron chi connectivity index (χ1n) is 5.33. The molecule has 1 N–H and O–H groups in total. The molecule has 0 aliphatic heterocycles. The third-order valence-electron chi connectivity index (χ3n) is 2.51. The van der Waals surface area contributed by atoms with Crippen molar-refractivity contribution in [3.63, 3.8) is 0 Å². The van der Waals surface area contributed by atoms with Crippen LogP contribution < -0.4 is 0 Å². The van der Waals surface area contributed by atoms with Crippen molar-refractivity contribution in [1.82, 2.24) is 0 Å². The van der Waals surface area contributed by atoms with Crippen molar-refractivity contribution in [2.24, 2.45) is 0 Å². The van der Waals surface area contributed by atoms with Gasteiger partial charge in [0.2, 0.25) is 0 Å². The second-order valence-corrected chi connectivity index (χ2v) is 4.97. The van der Waals surface area contributed by atoms with Gasteiger partial charge in [-0.2, -0.15) is 13.2 Å². The molecule has 18 heavy (non-hydrogen) atoms. The van der Waals surface area contributed by atoms with Gasteiger partial charge in [0.1, 0.15) is 0 Å². The number of hydrogen-bond acceptors (Lipinski definition) is 2. The summed E-state index contributed by atoms with van der Waals surface area (Å²) in [6.45, 7) is 0. The molecule has 2 aromatic carbocycles. The Bertz CT molecular complexity index is 539. The van der Waals surface area contributed by atoms with Crippen molar-refractivity contribution in [1.29, 1.82) is 0 Å². The summed E-state index contributed by atoms with van der Waals surface area (Å²) in [6.07, 6.45) is -6.84. The molecule has 0 fully saturated rings. The molecule has 2 aromatic rings. The first-order valence-corrected chi connectivity index (χ1v) is 6.32. The van der Waals surface area contributed by atoms with E-state index in [4.69, 9.17) is 5.11 Å². The molecule has 0 saturated carbocycles. The molecule has 0 aromatic heterocycles. The van der Waals surface area contributed by atoms with Crippen LogP contribution in [0.4, 0.5) is 13.2 Å². The molecule has 0 aliphatic carbocycles. The van der Waals surface area contributed by atoms with Crippen LogP contribution in [0.25, 0.3) is 10.8 Å². The van der Waals surface area contributed by atoms with Gasteiger partial charge in [0, 0.05) is 10.6 Å². The average Bonchev–Trinajstić information content (AvgIpc) is 2.34. The summed E-state index contributed by atoms with van der Waals surface area (Å²) in [7, 11) is 0. The number of rotatable bonds is 3. The maximum atomic E-state index is 12.1. The lowest BCUT2D eigenvalue weighted by Crippen LogP contribution is -2.30. The van der Waals surface area contributed by atoms with Crippen molar-refractivity contribution in [2.45, 2.75) is 17.2 Å². The van der Waals surface area contributed by atoms with Crippen molar-refractivity contribution in [2.75, 3.05) is 5.75 Å². The molecule has 5 heteroatoms. The quantitative estimate of drug-likeness (QED) is 0.856. The minimum Gasteiger partial charge on any atom is -0.383 e. The van der Waals surface area contributed by atoms with Gasteiger partial charge < -0.3 is 5.11 Å². The highest BCUT2D eigenvalue weighted by Crippen LogP contribution is 2.28. The van der Waals surface area contributed by atoms with Gasteiger partial charge in [-0.3, -0.25) is 0 Å². The van der Waals surface area contributed by atoms with E-state index in [1.54, 1.807) is 6.07 Å². The van der Waals surface area contributed by atoms with Gasteiger partial charge in [0.25, 0.3) is 0 Å². The predicted octanol–water partition coefficient (Wildman–Crippen LogP) is 3.86. The lowest BCUT2D eigenvalue weighted by atomic mass is 10.1. The van der Waals surface area contributed by atoms with E-state index in [1.807, 2.05) is 36.4 Å². The average molecular weight is 272 g/mol. The zero-order valence-corrected chi connectivity index (χ0v) is 10.1. The molecule has 0 amide bonds. The smallest absolute Gasteiger partial charge is 0.383 e.